The van der Waals surface area contributed by atoms with E-state index in [1.807, 2.05) is 20.8 Å². The van der Waals surface area contributed by atoms with Gasteiger partial charge >= 0.3 is 6.18 Å². The second-order valence-electron chi connectivity index (χ2n) is 8.84. The number of rotatable bonds is 3. The van der Waals surface area contributed by atoms with Crippen LogP contribution in [0.5, 0.6) is 5.75 Å². The van der Waals surface area contributed by atoms with Gasteiger partial charge < -0.3 is 4.74 Å². The second-order valence-corrected chi connectivity index (χ2v) is 8.84. The number of fused-ring (bicyclic) bond motifs is 1. The summed E-state index contributed by atoms with van der Waals surface area (Å²) in [6.07, 6.45) is -4.57. The van der Waals surface area contributed by atoms with Gasteiger partial charge in [-0.1, -0.05) is 24.3 Å². The topological polar surface area (TPSA) is 41.6 Å². The number of hydrazine groups is 1. The van der Waals surface area contributed by atoms with Crippen molar-refractivity contribution in [3.63, 3.8) is 0 Å². The molecular formula is C21H25F3N2O2. The highest BCUT2D eigenvalue weighted by atomic mass is 19.4. The summed E-state index contributed by atoms with van der Waals surface area (Å²) >= 11 is 0. The predicted octanol–water partition coefficient (Wildman–Crippen LogP) is 4.99. The summed E-state index contributed by atoms with van der Waals surface area (Å²) in [7, 11) is 0. The summed E-state index contributed by atoms with van der Waals surface area (Å²) < 4.78 is 48.2. The van der Waals surface area contributed by atoms with E-state index in [9.17, 15) is 18.0 Å². The van der Waals surface area contributed by atoms with E-state index < -0.39 is 29.1 Å². The van der Waals surface area contributed by atoms with Gasteiger partial charge in [-0.15, -0.1) is 0 Å². The first-order valence-electron chi connectivity index (χ1n) is 9.14. The number of halogens is 3. The highest BCUT2D eigenvalue weighted by molar-refractivity contribution is 5.88. The molecule has 0 aromatic heterocycles. The van der Waals surface area contributed by atoms with Gasteiger partial charge in [0.05, 0.1) is 5.41 Å². The van der Waals surface area contributed by atoms with Gasteiger partial charge in [-0.2, -0.15) is 13.2 Å². The summed E-state index contributed by atoms with van der Waals surface area (Å²) in [6, 6.07) is 8.01. The Bertz CT molecular complexity index is 901. The van der Waals surface area contributed by atoms with Crippen molar-refractivity contribution in [1.82, 2.24) is 10.4 Å². The maximum atomic E-state index is 14.1. The van der Waals surface area contributed by atoms with E-state index in [0.717, 1.165) is 5.01 Å². The fourth-order valence-corrected chi connectivity index (χ4v) is 3.43. The molecule has 0 radical (unpaired) electrons. The Balaban J connectivity index is 2.12. The smallest absolute Gasteiger partial charge is 0.409 e. The van der Waals surface area contributed by atoms with E-state index in [4.69, 9.17) is 4.74 Å². The molecule has 0 unspecified atom stereocenters. The molecule has 0 bridgehead atoms. The standard InChI is InChI=1S/C21H25F3N2O2/c1-19(2,3)28-14-10-9-13-7-6-8-15(16(13)11-14)17(21(22,23)24)26-12-20(4,5)18(27)25-26/h6-11,17H,12H2,1-5H3,(H,25,27)/t17-/m0/s1. The number of nitrogens with zero attached hydrogens (tertiary/aromatic N) is 1. The van der Waals surface area contributed by atoms with Crippen LogP contribution in [0, 0.1) is 5.41 Å². The van der Waals surface area contributed by atoms with Crippen molar-refractivity contribution in [3.05, 3.63) is 42.0 Å². The van der Waals surface area contributed by atoms with Crippen LogP contribution in [0.1, 0.15) is 46.2 Å². The van der Waals surface area contributed by atoms with E-state index in [-0.39, 0.29) is 12.1 Å². The molecule has 1 aliphatic heterocycles. The molecule has 2 aromatic carbocycles. The number of carbonyl (C=O) groups excluding carboxylic acids is 1. The fraction of sp³-hybridized carbons (Fsp3) is 0.476. The molecule has 1 amide bonds. The number of benzene rings is 2. The second kappa shape index (κ2) is 6.65. The molecule has 0 saturated carbocycles. The molecule has 28 heavy (non-hydrogen) atoms. The first-order chi connectivity index (χ1) is 12.8. The molecule has 1 fully saturated rings. The van der Waals surface area contributed by atoms with E-state index in [1.165, 1.54) is 6.07 Å². The number of nitrogens with one attached hydrogen (secondary N) is 1. The van der Waals surface area contributed by atoms with Gasteiger partial charge in [-0.3, -0.25) is 10.2 Å². The summed E-state index contributed by atoms with van der Waals surface area (Å²) in [4.78, 5) is 12.1. The van der Waals surface area contributed by atoms with Crippen molar-refractivity contribution >= 4 is 16.7 Å². The normalized spacial score (nSPS) is 18.9. The van der Waals surface area contributed by atoms with Gasteiger partial charge in [0.1, 0.15) is 11.4 Å². The van der Waals surface area contributed by atoms with Crippen LogP contribution < -0.4 is 10.2 Å². The lowest BCUT2D eigenvalue weighted by atomic mass is 9.93. The molecule has 7 heteroatoms. The third kappa shape index (κ3) is 4.09. The van der Waals surface area contributed by atoms with Crippen molar-refractivity contribution in [2.45, 2.75) is 52.4 Å². The Morgan fingerprint density at radius 1 is 1.14 bits per heavy atom. The van der Waals surface area contributed by atoms with Crippen molar-refractivity contribution in [2.24, 2.45) is 5.41 Å². The summed E-state index contributed by atoms with van der Waals surface area (Å²) in [5.41, 5.74) is 1.13. The third-order valence-corrected chi connectivity index (χ3v) is 4.65. The van der Waals surface area contributed by atoms with Crippen LogP contribution in [0.15, 0.2) is 36.4 Å². The molecule has 4 nitrogen and oxygen atoms in total. The van der Waals surface area contributed by atoms with E-state index in [1.54, 1.807) is 44.2 Å². The van der Waals surface area contributed by atoms with E-state index >= 15 is 0 Å². The van der Waals surface area contributed by atoms with Gasteiger partial charge in [-0.25, -0.2) is 5.01 Å². The minimum absolute atomic E-state index is 0.0371. The molecule has 1 atom stereocenters. The SMILES string of the molecule is CC(C)(C)Oc1ccc2cccc([C@H](N3CC(C)(C)C(=O)N3)C(F)(F)F)c2c1. The maximum Gasteiger partial charge on any atom is 0.409 e. The molecule has 1 N–H and O–H groups in total. The molecule has 1 saturated heterocycles. The first-order valence-corrected chi connectivity index (χ1v) is 9.14. The summed E-state index contributed by atoms with van der Waals surface area (Å²) in [5, 5.41) is 2.12. The van der Waals surface area contributed by atoms with Gasteiger partial charge in [0.15, 0.2) is 6.04 Å². The van der Waals surface area contributed by atoms with Crippen LogP contribution in [0.25, 0.3) is 10.8 Å². The average Bonchev–Trinajstić information content (AvgIpc) is 2.78. The molecule has 152 valence electrons. The minimum Gasteiger partial charge on any atom is -0.488 e. The number of hydrogen-bond donors (Lipinski definition) is 1. The number of carbonyl (C=O) groups is 1. The highest BCUT2D eigenvalue weighted by Gasteiger charge is 2.51. The van der Waals surface area contributed by atoms with Crippen LogP contribution in [0.3, 0.4) is 0 Å². The number of ether oxygens (including phenoxy) is 1. The molecule has 0 aliphatic carbocycles. The summed E-state index contributed by atoms with van der Waals surface area (Å²) in [5.74, 6) is 0.0814. The quantitative estimate of drug-likeness (QED) is 0.797. The van der Waals surface area contributed by atoms with Crippen LogP contribution >= 0.6 is 0 Å². The van der Waals surface area contributed by atoms with Crippen LogP contribution in [0.4, 0.5) is 13.2 Å². The Morgan fingerprint density at radius 2 is 1.82 bits per heavy atom. The third-order valence-electron chi connectivity index (χ3n) is 4.65. The van der Waals surface area contributed by atoms with Gasteiger partial charge in [0.2, 0.25) is 5.91 Å². The van der Waals surface area contributed by atoms with Gasteiger partial charge in [0.25, 0.3) is 0 Å². The molecule has 1 heterocycles. The summed E-state index contributed by atoms with van der Waals surface area (Å²) in [6.45, 7) is 8.86. The highest BCUT2D eigenvalue weighted by Crippen LogP contribution is 2.43. The Hall–Kier alpha value is -2.28. The van der Waals surface area contributed by atoms with Crippen LogP contribution in [-0.4, -0.2) is 29.2 Å². The maximum absolute atomic E-state index is 14.1. The van der Waals surface area contributed by atoms with E-state index in [0.29, 0.717) is 16.5 Å². The lowest BCUT2D eigenvalue weighted by molar-refractivity contribution is -0.191. The molecule has 2 aromatic rings. The number of hydrogen-bond acceptors (Lipinski definition) is 3. The van der Waals surface area contributed by atoms with E-state index in [2.05, 4.69) is 5.43 Å². The predicted molar refractivity (Wildman–Crippen MR) is 102 cm³/mol. The fourth-order valence-electron chi connectivity index (χ4n) is 3.43. The molecule has 0 spiro atoms. The zero-order valence-electron chi connectivity index (χ0n) is 16.6. The zero-order chi connectivity index (χ0) is 20.9. The Labute approximate surface area is 162 Å². The van der Waals surface area contributed by atoms with Crippen molar-refractivity contribution in [3.8, 4) is 5.75 Å². The minimum atomic E-state index is -4.57. The molecule has 3 rings (SSSR count). The van der Waals surface area contributed by atoms with Crippen LogP contribution in [-0.2, 0) is 4.79 Å². The largest absolute Gasteiger partial charge is 0.488 e. The van der Waals surface area contributed by atoms with Crippen molar-refractivity contribution < 1.29 is 22.7 Å². The lowest BCUT2D eigenvalue weighted by Crippen LogP contribution is -2.43. The van der Waals surface area contributed by atoms with Crippen molar-refractivity contribution in [2.75, 3.05) is 6.54 Å². The van der Waals surface area contributed by atoms with Crippen LogP contribution in [0.2, 0.25) is 0 Å². The number of alkyl halides is 3. The molecule has 1 aliphatic rings. The lowest BCUT2D eigenvalue weighted by Gasteiger charge is -2.31. The van der Waals surface area contributed by atoms with Gasteiger partial charge in [0, 0.05) is 6.54 Å². The van der Waals surface area contributed by atoms with Crippen molar-refractivity contribution in [1.29, 1.82) is 0 Å². The average molecular weight is 394 g/mol. The van der Waals surface area contributed by atoms with Gasteiger partial charge in [-0.05, 0) is 63.1 Å². The Morgan fingerprint density at radius 3 is 2.36 bits per heavy atom. The zero-order valence-corrected chi connectivity index (χ0v) is 16.6. The first kappa shape index (κ1) is 20.5. The molecular weight excluding hydrogens is 369 g/mol. The Kier molecular flexibility index (Phi) is 4.86. The number of amides is 1. The monoisotopic (exact) mass is 394 g/mol.